The lowest BCUT2D eigenvalue weighted by atomic mass is 10.3. The largest absolute Gasteiger partial charge is 0.859 e. The standard InChI is InChI=1S/C16H12N2O3/c19-14-11-15(20)18(13-9-5-2-6-10-13)16(21)17(14)12-7-3-1-4-8-12/h1-11,19H/p-1. The highest BCUT2D eigenvalue weighted by atomic mass is 16.3. The minimum Gasteiger partial charge on any atom is -0.859 e. The first-order chi connectivity index (χ1) is 10.2. The van der Waals surface area contributed by atoms with Crippen LogP contribution in [0.4, 0.5) is 0 Å². The van der Waals surface area contributed by atoms with E-state index in [1.165, 1.54) is 0 Å². The van der Waals surface area contributed by atoms with Gasteiger partial charge in [-0.15, -0.1) is 0 Å². The minimum atomic E-state index is -0.676. The van der Waals surface area contributed by atoms with E-state index in [1.54, 1.807) is 60.7 Å². The van der Waals surface area contributed by atoms with Gasteiger partial charge in [0.1, 0.15) is 0 Å². The van der Waals surface area contributed by atoms with Crippen molar-refractivity contribution in [3.63, 3.8) is 0 Å². The predicted molar refractivity (Wildman–Crippen MR) is 77.1 cm³/mol. The van der Waals surface area contributed by atoms with Crippen LogP contribution in [0.25, 0.3) is 11.4 Å². The smallest absolute Gasteiger partial charge is 0.339 e. The average Bonchev–Trinajstić information content (AvgIpc) is 2.49. The fraction of sp³-hybridized carbons (Fsp3) is 0. The second-order valence-electron chi connectivity index (χ2n) is 4.45. The molecule has 0 saturated heterocycles. The number of benzene rings is 2. The Morgan fingerprint density at radius 3 is 1.71 bits per heavy atom. The molecule has 0 spiro atoms. The Bertz CT molecular complexity index is 881. The summed E-state index contributed by atoms with van der Waals surface area (Å²) in [6.07, 6.45) is 0. The second kappa shape index (κ2) is 5.13. The molecule has 0 unspecified atom stereocenters. The fourth-order valence-electron chi connectivity index (χ4n) is 2.15. The molecule has 0 atom stereocenters. The van der Waals surface area contributed by atoms with Gasteiger partial charge in [0.15, 0.2) is 0 Å². The third-order valence-electron chi connectivity index (χ3n) is 3.10. The number of hydrogen-bond donors (Lipinski definition) is 0. The van der Waals surface area contributed by atoms with Crippen LogP contribution in [0.3, 0.4) is 0 Å². The summed E-state index contributed by atoms with van der Waals surface area (Å²) in [5.41, 5.74) is -0.456. The second-order valence-corrected chi connectivity index (χ2v) is 4.45. The Labute approximate surface area is 120 Å². The predicted octanol–water partition coefficient (Wildman–Crippen LogP) is 1.06. The number of hydrogen-bond acceptors (Lipinski definition) is 3. The summed E-state index contributed by atoms with van der Waals surface area (Å²) in [5, 5.41) is 12.0. The van der Waals surface area contributed by atoms with Crippen LogP contribution in [0.5, 0.6) is 5.88 Å². The number of aromatic nitrogens is 2. The molecule has 3 aromatic rings. The van der Waals surface area contributed by atoms with Crippen molar-refractivity contribution in [1.29, 1.82) is 0 Å². The molecule has 1 aromatic heterocycles. The molecule has 5 nitrogen and oxygen atoms in total. The Morgan fingerprint density at radius 2 is 1.19 bits per heavy atom. The first kappa shape index (κ1) is 12.9. The molecule has 0 aliphatic carbocycles. The van der Waals surface area contributed by atoms with E-state index in [4.69, 9.17) is 0 Å². The van der Waals surface area contributed by atoms with Crippen LogP contribution in [0.15, 0.2) is 76.3 Å². The molecular formula is C16H11N2O3-. The van der Waals surface area contributed by atoms with E-state index in [0.29, 0.717) is 11.4 Å². The molecule has 0 saturated carbocycles. The molecule has 0 bridgehead atoms. The maximum Gasteiger partial charge on any atom is 0.339 e. The van der Waals surface area contributed by atoms with Crippen LogP contribution in [0.2, 0.25) is 0 Å². The third kappa shape index (κ3) is 2.25. The normalized spacial score (nSPS) is 10.5. The Balaban J connectivity index is 2.35. The van der Waals surface area contributed by atoms with Crippen molar-refractivity contribution in [2.75, 3.05) is 0 Å². The van der Waals surface area contributed by atoms with Gasteiger partial charge in [-0.05, 0) is 30.1 Å². The number of para-hydroxylation sites is 2. The summed E-state index contributed by atoms with van der Waals surface area (Å²) >= 11 is 0. The van der Waals surface area contributed by atoms with Gasteiger partial charge in [-0.2, -0.15) is 0 Å². The zero-order valence-electron chi connectivity index (χ0n) is 11.0. The first-order valence-electron chi connectivity index (χ1n) is 6.35. The molecule has 0 amide bonds. The van der Waals surface area contributed by atoms with Crippen molar-refractivity contribution in [3.05, 3.63) is 87.6 Å². The molecule has 0 N–H and O–H groups in total. The van der Waals surface area contributed by atoms with Crippen molar-refractivity contribution in [1.82, 2.24) is 9.13 Å². The molecule has 0 aliphatic heterocycles. The summed E-state index contributed by atoms with van der Waals surface area (Å²) in [4.78, 5) is 24.5. The van der Waals surface area contributed by atoms with E-state index in [9.17, 15) is 14.7 Å². The van der Waals surface area contributed by atoms with Crippen LogP contribution in [0, 0.1) is 0 Å². The third-order valence-corrected chi connectivity index (χ3v) is 3.10. The summed E-state index contributed by atoms with van der Waals surface area (Å²) in [7, 11) is 0. The van der Waals surface area contributed by atoms with Crippen LogP contribution in [-0.4, -0.2) is 9.13 Å². The van der Waals surface area contributed by atoms with Crippen molar-refractivity contribution in [2.45, 2.75) is 0 Å². The summed E-state index contributed by atoms with van der Waals surface area (Å²) in [6, 6.07) is 17.9. The van der Waals surface area contributed by atoms with Gasteiger partial charge in [-0.25, -0.2) is 9.36 Å². The molecule has 0 aliphatic rings. The van der Waals surface area contributed by atoms with Crippen molar-refractivity contribution >= 4 is 0 Å². The molecule has 3 rings (SSSR count). The van der Waals surface area contributed by atoms with Gasteiger partial charge in [0, 0.05) is 11.8 Å². The molecule has 5 heteroatoms. The van der Waals surface area contributed by atoms with Gasteiger partial charge in [0.25, 0.3) is 5.56 Å². The summed E-state index contributed by atoms with van der Waals surface area (Å²) in [6.45, 7) is 0. The van der Waals surface area contributed by atoms with Crippen LogP contribution >= 0.6 is 0 Å². The highest BCUT2D eigenvalue weighted by molar-refractivity contribution is 5.37. The van der Waals surface area contributed by atoms with E-state index in [1.807, 2.05) is 0 Å². The van der Waals surface area contributed by atoms with Gasteiger partial charge < -0.3 is 5.11 Å². The lowest BCUT2D eigenvalue weighted by molar-refractivity contribution is -0.278. The van der Waals surface area contributed by atoms with E-state index in [0.717, 1.165) is 15.2 Å². The van der Waals surface area contributed by atoms with Crippen LogP contribution in [0.1, 0.15) is 0 Å². The summed E-state index contributed by atoms with van der Waals surface area (Å²) in [5.74, 6) is -0.636. The van der Waals surface area contributed by atoms with Crippen LogP contribution in [-0.2, 0) is 0 Å². The molecular weight excluding hydrogens is 268 g/mol. The quantitative estimate of drug-likeness (QED) is 0.704. The van der Waals surface area contributed by atoms with E-state index in [-0.39, 0.29) is 0 Å². The van der Waals surface area contributed by atoms with Crippen molar-refractivity contribution in [2.24, 2.45) is 0 Å². The number of rotatable bonds is 2. The zero-order chi connectivity index (χ0) is 14.8. The Kier molecular flexibility index (Phi) is 3.16. The van der Waals surface area contributed by atoms with Crippen LogP contribution < -0.4 is 16.4 Å². The monoisotopic (exact) mass is 279 g/mol. The maximum absolute atomic E-state index is 12.5. The van der Waals surface area contributed by atoms with Gasteiger partial charge in [0.2, 0.25) is 0 Å². The highest BCUT2D eigenvalue weighted by Gasteiger charge is 2.09. The highest BCUT2D eigenvalue weighted by Crippen LogP contribution is 2.10. The van der Waals surface area contributed by atoms with Crippen molar-refractivity contribution in [3.8, 4) is 17.3 Å². The van der Waals surface area contributed by atoms with E-state index < -0.39 is 17.1 Å². The Hall–Kier alpha value is -3.08. The first-order valence-corrected chi connectivity index (χ1v) is 6.35. The topological polar surface area (TPSA) is 67.1 Å². The molecule has 0 radical (unpaired) electrons. The van der Waals surface area contributed by atoms with Gasteiger partial charge in [-0.1, -0.05) is 36.4 Å². The van der Waals surface area contributed by atoms with Crippen molar-refractivity contribution < 1.29 is 5.11 Å². The van der Waals surface area contributed by atoms with Gasteiger partial charge in [0.05, 0.1) is 5.69 Å². The Morgan fingerprint density at radius 1 is 0.714 bits per heavy atom. The molecule has 0 fully saturated rings. The molecule has 2 aromatic carbocycles. The lowest BCUT2D eigenvalue weighted by Crippen LogP contribution is -2.38. The van der Waals surface area contributed by atoms with Gasteiger partial charge >= 0.3 is 5.69 Å². The summed E-state index contributed by atoms with van der Waals surface area (Å²) < 4.78 is 1.96. The van der Waals surface area contributed by atoms with Gasteiger partial charge in [-0.3, -0.25) is 9.36 Å². The van der Waals surface area contributed by atoms with E-state index >= 15 is 0 Å². The van der Waals surface area contributed by atoms with E-state index in [2.05, 4.69) is 0 Å². The maximum atomic E-state index is 12.5. The lowest BCUT2D eigenvalue weighted by Gasteiger charge is -2.18. The molecule has 104 valence electrons. The number of nitrogens with zero attached hydrogens (tertiary/aromatic N) is 2. The fourth-order valence-corrected chi connectivity index (χ4v) is 2.15. The SMILES string of the molecule is O=c1cc([O-])n(-c2ccccc2)c(=O)n1-c1ccccc1. The molecule has 21 heavy (non-hydrogen) atoms. The minimum absolute atomic E-state index is 0.428. The average molecular weight is 279 g/mol. The molecule has 1 heterocycles. The zero-order valence-corrected chi connectivity index (χ0v) is 11.0.